The molecule has 14 heavy (non-hydrogen) atoms. The second-order valence-electron chi connectivity index (χ2n) is 3.06. The van der Waals surface area contributed by atoms with E-state index in [2.05, 4.69) is 5.48 Å². The van der Waals surface area contributed by atoms with Gasteiger partial charge in [0.15, 0.2) is 0 Å². The first kappa shape index (κ1) is 9.18. The van der Waals surface area contributed by atoms with E-state index in [-0.39, 0.29) is 12.0 Å². The van der Waals surface area contributed by atoms with Crippen molar-refractivity contribution >= 4 is 5.91 Å². The van der Waals surface area contributed by atoms with E-state index in [0.717, 1.165) is 6.61 Å². The maximum Gasteiger partial charge on any atom is 0.274 e. The predicted octanol–water partition coefficient (Wildman–Crippen LogP) is 0.747. The molecule has 0 spiro atoms. The van der Waals surface area contributed by atoms with Crippen molar-refractivity contribution in [2.24, 2.45) is 0 Å². The lowest BCUT2D eigenvalue weighted by atomic mass is 10.2. The van der Waals surface area contributed by atoms with Gasteiger partial charge < -0.3 is 4.74 Å². The van der Waals surface area contributed by atoms with Gasteiger partial charge in [-0.15, -0.1) is 0 Å². The highest BCUT2D eigenvalue weighted by atomic mass is 16.7. The molecule has 0 unspecified atom stereocenters. The molecule has 0 bridgehead atoms. The number of amides is 1. The van der Waals surface area contributed by atoms with Crippen LogP contribution < -0.4 is 5.48 Å². The van der Waals surface area contributed by atoms with Crippen LogP contribution in [0.5, 0.6) is 0 Å². The van der Waals surface area contributed by atoms with Gasteiger partial charge in [-0.3, -0.25) is 9.63 Å². The third-order valence-electron chi connectivity index (χ3n) is 1.87. The third kappa shape index (κ3) is 2.55. The van der Waals surface area contributed by atoms with Crippen LogP contribution in [0, 0.1) is 0 Å². The molecule has 1 N–H and O–H groups in total. The molecule has 1 amide bonds. The van der Waals surface area contributed by atoms with Crippen molar-refractivity contribution < 1.29 is 14.4 Å². The molecule has 1 aliphatic heterocycles. The zero-order valence-electron chi connectivity index (χ0n) is 7.60. The van der Waals surface area contributed by atoms with Gasteiger partial charge in [0.1, 0.15) is 12.7 Å². The van der Waals surface area contributed by atoms with Crippen molar-refractivity contribution in [3.8, 4) is 0 Å². The average molecular weight is 193 g/mol. The van der Waals surface area contributed by atoms with Crippen LogP contribution in [-0.2, 0) is 9.57 Å². The van der Waals surface area contributed by atoms with Crippen molar-refractivity contribution in [1.82, 2.24) is 5.48 Å². The lowest BCUT2D eigenvalue weighted by molar-refractivity contribution is 0.0254. The molecule has 4 heteroatoms. The van der Waals surface area contributed by atoms with Crippen LogP contribution in [-0.4, -0.2) is 25.2 Å². The lowest BCUT2D eigenvalue weighted by Gasteiger charge is -2.03. The molecule has 4 nitrogen and oxygen atoms in total. The van der Waals surface area contributed by atoms with Crippen LogP contribution >= 0.6 is 0 Å². The van der Waals surface area contributed by atoms with Gasteiger partial charge in [0, 0.05) is 5.56 Å². The molecule has 0 aromatic heterocycles. The minimum Gasteiger partial charge on any atom is -0.371 e. The van der Waals surface area contributed by atoms with Crippen molar-refractivity contribution in [2.75, 3.05) is 13.2 Å². The Morgan fingerprint density at radius 3 is 2.86 bits per heavy atom. The van der Waals surface area contributed by atoms with Gasteiger partial charge in [0.25, 0.3) is 5.91 Å². The van der Waals surface area contributed by atoms with E-state index >= 15 is 0 Å². The summed E-state index contributed by atoms with van der Waals surface area (Å²) in [5.74, 6) is -0.230. The van der Waals surface area contributed by atoms with E-state index in [4.69, 9.17) is 9.57 Å². The van der Waals surface area contributed by atoms with E-state index in [1.807, 2.05) is 6.07 Å². The van der Waals surface area contributed by atoms with Crippen molar-refractivity contribution in [2.45, 2.75) is 6.10 Å². The molecule has 0 aliphatic carbocycles. The molecular formula is C10H11NO3. The number of epoxide rings is 1. The highest BCUT2D eigenvalue weighted by Gasteiger charge is 2.22. The summed E-state index contributed by atoms with van der Waals surface area (Å²) in [7, 11) is 0. The van der Waals surface area contributed by atoms with Gasteiger partial charge in [-0.2, -0.15) is 0 Å². The number of hydroxylamine groups is 1. The number of nitrogens with one attached hydrogen (secondary N) is 1. The summed E-state index contributed by atoms with van der Waals surface area (Å²) in [6.07, 6.45) is 0.158. The summed E-state index contributed by atoms with van der Waals surface area (Å²) in [5.41, 5.74) is 2.94. The minimum atomic E-state index is -0.230. The first-order chi connectivity index (χ1) is 6.86. The fourth-order valence-electron chi connectivity index (χ4n) is 1.01. The van der Waals surface area contributed by atoms with Crippen LogP contribution in [0.15, 0.2) is 30.3 Å². The highest BCUT2D eigenvalue weighted by molar-refractivity contribution is 5.93. The summed E-state index contributed by atoms with van der Waals surface area (Å²) < 4.78 is 4.92. The Balaban J connectivity index is 1.77. The number of hydrogen-bond acceptors (Lipinski definition) is 3. The van der Waals surface area contributed by atoms with E-state index in [1.54, 1.807) is 24.3 Å². The van der Waals surface area contributed by atoms with Gasteiger partial charge >= 0.3 is 0 Å². The zero-order valence-corrected chi connectivity index (χ0v) is 7.60. The molecule has 1 aromatic carbocycles. The summed E-state index contributed by atoms with van der Waals surface area (Å²) in [6.45, 7) is 1.14. The Bertz CT molecular complexity index is 308. The SMILES string of the molecule is O=C(NOC[C@@H]1CO1)c1ccccc1. The summed E-state index contributed by atoms with van der Waals surface area (Å²) in [4.78, 5) is 16.3. The van der Waals surface area contributed by atoms with Crippen molar-refractivity contribution in [3.63, 3.8) is 0 Å². The van der Waals surface area contributed by atoms with Crippen molar-refractivity contribution in [1.29, 1.82) is 0 Å². The molecule has 0 saturated carbocycles. The van der Waals surface area contributed by atoms with Crippen LogP contribution in [0.4, 0.5) is 0 Å². The number of hydrogen-bond donors (Lipinski definition) is 1. The Morgan fingerprint density at radius 2 is 2.21 bits per heavy atom. The van der Waals surface area contributed by atoms with E-state index in [0.29, 0.717) is 12.2 Å². The minimum absolute atomic E-state index is 0.158. The highest BCUT2D eigenvalue weighted by Crippen LogP contribution is 2.07. The molecule has 1 heterocycles. The summed E-state index contributed by atoms with van der Waals surface area (Å²) in [5, 5.41) is 0. The molecule has 1 atom stereocenters. The third-order valence-corrected chi connectivity index (χ3v) is 1.87. The first-order valence-electron chi connectivity index (χ1n) is 4.45. The maximum atomic E-state index is 11.4. The van der Waals surface area contributed by atoms with Gasteiger partial charge in [-0.1, -0.05) is 18.2 Å². The number of carbonyl (C=O) groups is 1. The van der Waals surface area contributed by atoms with Gasteiger partial charge in [0.05, 0.1) is 6.61 Å². The maximum absolute atomic E-state index is 11.4. The largest absolute Gasteiger partial charge is 0.371 e. The van der Waals surface area contributed by atoms with E-state index in [1.165, 1.54) is 0 Å². The number of benzene rings is 1. The quantitative estimate of drug-likeness (QED) is 0.567. The topological polar surface area (TPSA) is 50.9 Å². The molecule has 0 radical (unpaired) electrons. The normalized spacial score (nSPS) is 19.0. The molecule has 2 rings (SSSR count). The molecule has 1 aliphatic rings. The zero-order chi connectivity index (χ0) is 9.80. The van der Waals surface area contributed by atoms with Gasteiger partial charge in [0.2, 0.25) is 0 Å². The van der Waals surface area contributed by atoms with Gasteiger partial charge in [-0.05, 0) is 12.1 Å². The smallest absolute Gasteiger partial charge is 0.274 e. The van der Waals surface area contributed by atoms with E-state index in [9.17, 15) is 4.79 Å². The van der Waals surface area contributed by atoms with Crippen LogP contribution in [0.25, 0.3) is 0 Å². The summed E-state index contributed by atoms with van der Waals surface area (Å²) in [6, 6.07) is 8.92. The van der Waals surface area contributed by atoms with Crippen LogP contribution in [0.3, 0.4) is 0 Å². The van der Waals surface area contributed by atoms with Crippen LogP contribution in [0.2, 0.25) is 0 Å². The fourth-order valence-corrected chi connectivity index (χ4v) is 1.01. The van der Waals surface area contributed by atoms with Crippen LogP contribution in [0.1, 0.15) is 10.4 Å². The Morgan fingerprint density at radius 1 is 1.50 bits per heavy atom. The Labute approximate surface area is 81.8 Å². The number of ether oxygens (including phenoxy) is 1. The number of rotatable bonds is 4. The van der Waals surface area contributed by atoms with Gasteiger partial charge in [-0.25, -0.2) is 5.48 Å². The first-order valence-corrected chi connectivity index (χ1v) is 4.45. The summed E-state index contributed by atoms with van der Waals surface area (Å²) >= 11 is 0. The molecule has 74 valence electrons. The second-order valence-corrected chi connectivity index (χ2v) is 3.06. The van der Waals surface area contributed by atoms with Crippen molar-refractivity contribution in [3.05, 3.63) is 35.9 Å². The second kappa shape index (κ2) is 4.21. The molecular weight excluding hydrogens is 182 g/mol. The Hall–Kier alpha value is -1.39. The lowest BCUT2D eigenvalue weighted by Crippen LogP contribution is -2.25. The molecule has 1 saturated heterocycles. The average Bonchev–Trinajstić information content (AvgIpc) is 3.03. The fraction of sp³-hybridized carbons (Fsp3) is 0.300. The monoisotopic (exact) mass is 193 g/mol. The number of carbonyl (C=O) groups excluding carboxylic acids is 1. The predicted molar refractivity (Wildman–Crippen MR) is 49.6 cm³/mol. The molecule has 1 aromatic rings. The molecule has 1 fully saturated rings. The standard InChI is InChI=1S/C10H11NO3/c12-10(8-4-2-1-3-5-8)11-14-7-9-6-13-9/h1-5,9H,6-7H2,(H,11,12)/t9-/m0/s1. The Kier molecular flexibility index (Phi) is 2.76. The van der Waals surface area contributed by atoms with E-state index < -0.39 is 0 Å².